The Hall–Kier alpha value is -1.79. The predicted molar refractivity (Wildman–Crippen MR) is 71.8 cm³/mol. The molecule has 0 aliphatic carbocycles. The van der Waals surface area contributed by atoms with Crippen LogP contribution in [0, 0.1) is 0 Å². The van der Waals surface area contributed by atoms with Gasteiger partial charge in [-0.3, -0.25) is 9.59 Å². The van der Waals surface area contributed by atoms with Gasteiger partial charge in [0.25, 0.3) is 0 Å². The first-order chi connectivity index (χ1) is 9.02. The smallest absolute Gasteiger partial charge is 0.304 e. The van der Waals surface area contributed by atoms with Gasteiger partial charge in [0.2, 0.25) is 5.91 Å². The third kappa shape index (κ3) is 5.58. The quantitative estimate of drug-likeness (QED) is 0.659. The number of aliphatic carboxylic acids is 1. The summed E-state index contributed by atoms with van der Waals surface area (Å²) < 4.78 is 5.09. The average Bonchev–Trinajstić information content (AvgIpc) is 2.35. The first-order valence-electron chi connectivity index (χ1n) is 5.59. The standard InChI is InChI=1S/C12H15ClN2O4/c1-19-10-3-2-8(13)6-9(10)15-11(16)7-14-5-4-12(17)18/h2-3,6,14H,4-5,7H2,1H3,(H,15,16)(H,17,18). The van der Waals surface area contributed by atoms with Crippen molar-refractivity contribution in [2.24, 2.45) is 0 Å². The maximum Gasteiger partial charge on any atom is 0.304 e. The van der Waals surface area contributed by atoms with E-state index in [0.717, 1.165) is 0 Å². The molecule has 0 saturated carbocycles. The summed E-state index contributed by atoms with van der Waals surface area (Å²) in [6.07, 6.45) is -0.0340. The molecule has 1 amide bonds. The van der Waals surface area contributed by atoms with Gasteiger partial charge in [0, 0.05) is 11.6 Å². The van der Waals surface area contributed by atoms with Crippen molar-refractivity contribution in [2.45, 2.75) is 6.42 Å². The second kappa shape index (κ2) is 7.60. The number of anilines is 1. The van der Waals surface area contributed by atoms with Crippen molar-refractivity contribution in [1.29, 1.82) is 0 Å². The van der Waals surface area contributed by atoms with Crippen molar-refractivity contribution >= 4 is 29.2 Å². The highest BCUT2D eigenvalue weighted by Gasteiger charge is 2.08. The molecule has 0 bridgehead atoms. The van der Waals surface area contributed by atoms with Gasteiger partial charge in [0.05, 0.1) is 25.8 Å². The number of carboxylic acid groups (broad SMARTS) is 1. The highest BCUT2D eigenvalue weighted by molar-refractivity contribution is 6.31. The van der Waals surface area contributed by atoms with Crippen LogP contribution in [-0.4, -0.2) is 37.2 Å². The summed E-state index contributed by atoms with van der Waals surface area (Å²) >= 11 is 5.83. The second-order valence-corrected chi connectivity index (χ2v) is 4.15. The van der Waals surface area contributed by atoms with Crippen molar-refractivity contribution in [2.75, 3.05) is 25.5 Å². The summed E-state index contributed by atoms with van der Waals surface area (Å²) in [4.78, 5) is 21.9. The van der Waals surface area contributed by atoms with E-state index in [4.69, 9.17) is 21.4 Å². The first-order valence-corrected chi connectivity index (χ1v) is 5.96. The summed E-state index contributed by atoms with van der Waals surface area (Å²) in [7, 11) is 1.49. The molecule has 1 aromatic rings. The Bertz CT molecular complexity index is 465. The number of hydrogen-bond donors (Lipinski definition) is 3. The van der Waals surface area contributed by atoms with E-state index >= 15 is 0 Å². The van der Waals surface area contributed by atoms with Gasteiger partial charge in [0.15, 0.2) is 0 Å². The van der Waals surface area contributed by atoms with Crippen molar-refractivity contribution in [3.8, 4) is 5.75 Å². The molecule has 0 radical (unpaired) electrons. The van der Waals surface area contributed by atoms with Crippen LogP contribution in [0.3, 0.4) is 0 Å². The van der Waals surface area contributed by atoms with Crippen LogP contribution in [0.5, 0.6) is 5.75 Å². The zero-order valence-electron chi connectivity index (χ0n) is 10.4. The molecular formula is C12H15ClN2O4. The van der Waals surface area contributed by atoms with Crippen LogP contribution in [0.15, 0.2) is 18.2 Å². The number of carboxylic acids is 1. The van der Waals surface area contributed by atoms with E-state index in [1.807, 2.05) is 0 Å². The third-order valence-corrected chi connectivity index (χ3v) is 2.47. The Morgan fingerprint density at radius 3 is 2.79 bits per heavy atom. The minimum atomic E-state index is -0.913. The van der Waals surface area contributed by atoms with Crippen LogP contribution in [-0.2, 0) is 9.59 Å². The third-order valence-electron chi connectivity index (χ3n) is 2.24. The van der Waals surface area contributed by atoms with Gasteiger partial charge >= 0.3 is 5.97 Å². The van der Waals surface area contributed by atoms with Crippen LogP contribution in [0.1, 0.15) is 6.42 Å². The second-order valence-electron chi connectivity index (χ2n) is 3.71. The molecule has 19 heavy (non-hydrogen) atoms. The fourth-order valence-electron chi connectivity index (χ4n) is 1.37. The molecule has 1 aromatic carbocycles. The van der Waals surface area contributed by atoms with Crippen LogP contribution in [0.2, 0.25) is 5.02 Å². The maximum atomic E-state index is 11.6. The van der Waals surface area contributed by atoms with Gasteiger partial charge in [-0.2, -0.15) is 0 Å². The molecule has 104 valence electrons. The molecule has 0 aliphatic heterocycles. The highest BCUT2D eigenvalue weighted by Crippen LogP contribution is 2.27. The number of carbonyl (C=O) groups excluding carboxylic acids is 1. The fraction of sp³-hybridized carbons (Fsp3) is 0.333. The minimum Gasteiger partial charge on any atom is -0.495 e. The van der Waals surface area contributed by atoms with Gasteiger partial charge in [0.1, 0.15) is 5.75 Å². The molecule has 3 N–H and O–H groups in total. The molecule has 0 saturated heterocycles. The summed E-state index contributed by atoms with van der Waals surface area (Å²) in [5, 5.41) is 14.3. The normalized spacial score (nSPS) is 10.0. The van der Waals surface area contributed by atoms with E-state index in [0.29, 0.717) is 16.5 Å². The molecular weight excluding hydrogens is 272 g/mol. The monoisotopic (exact) mass is 286 g/mol. The summed E-state index contributed by atoms with van der Waals surface area (Å²) in [6, 6.07) is 4.88. The molecule has 0 spiro atoms. The molecule has 0 fully saturated rings. The number of benzene rings is 1. The Morgan fingerprint density at radius 1 is 1.42 bits per heavy atom. The van der Waals surface area contributed by atoms with Crippen molar-refractivity contribution in [3.05, 3.63) is 23.2 Å². The lowest BCUT2D eigenvalue weighted by Crippen LogP contribution is -2.29. The van der Waals surface area contributed by atoms with Crippen LogP contribution in [0.25, 0.3) is 0 Å². The van der Waals surface area contributed by atoms with Gasteiger partial charge < -0.3 is 20.5 Å². The first kappa shape index (κ1) is 15.3. The molecule has 7 heteroatoms. The highest BCUT2D eigenvalue weighted by atomic mass is 35.5. The topological polar surface area (TPSA) is 87.7 Å². The Kier molecular flexibility index (Phi) is 6.11. The van der Waals surface area contributed by atoms with E-state index in [1.54, 1.807) is 18.2 Å². The zero-order chi connectivity index (χ0) is 14.3. The van der Waals surface area contributed by atoms with E-state index in [-0.39, 0.29) is 25.4 Å². The molecule has 1 rings (SSSR count). The average molecular weight is 287 g/mol. The lowest BCUT2D eigenvalue weighted by atomic mass is 10.3. The van der Waals surface area contributed by atoms with Gasteiger partial charge in [-0.05, 0) is 18.2 Å². The van der Waals surface area contributed by atoms with Crippen LogP contribution >= 0.6 is 11.6 Å². The summed E-state index contributed by atoms with van der Waals surface area (Å²) in [5.41, 5.74) is 0.472. The number of ether oxygens (including phenoxy) is 1. The molecule has 0 atom stereocenters. The molecule has 0 aliphatic rings. The predicted octanol–water partition coefficient (Wildman–Crippen LogP) is 1.35. The Balaban J connectivity index is 2.47. The Labute approximate surface area is 115 Å². The van der Waals surface area contributed by atoms with Crippen molar-refractivity contribution in [3.63, 3.8) is 0 Å². The molecule has 0 unspecified atom stereocenters. The van der Waals surface area contributed by atoms with Crippen molar-refractivity contribution < 1.29 is 19.4 Å². The van der Waals surface area contributed by atoms with E-state index in [9.17, 15) is 9.59 Å². The van der Waals surface area contributed by atoms with E-state index in [2.05, 4.69) is 10.6 Å². The van der Waals surface area contributed by atoms with E-state index < -0.39 is 5.97 Å². The number of methoxy groups -OCH3 is 1. The number of nitrogens with one attached hydrogen (secondary N) is 2. The van der Waals surface area contributed by atoms with Gasteiger partial charge in [-0.25, -0.2) is 0 Å². The molecule has 0 heterocycles. The maximum absolute atomic E-state index is 11.6. The van der Waals surface area contributed by atoms with Crippen LogP contribution < -0.4 is 15.4 Å². The lowest BCUT2D eigenvalue weighted by Gasteiger charge is -2.10. The van der Waals surface area contributed by atoms with Crippen molar-refractivity contribution in [1.82, 2.24) is 5.32 Å². The number of hydrogen-bond acceptors (Lipinski definition) is 4. The fourth-order valence-corrected chi connectivity index (χ4v) is 1.54. The van der Waals surface area contributed by atoms with Crippen LogP contribution in [0.4, 0.5) is 5.69 Å². The Morgan fingerprint density at radius 2 is 2.16 bits per heavy atom. The molecule has 0 aromatic heterocycles. The van der Waals surface area contributed by atoms with Gasteiger partial charge in [-0.1, -0.05) is 11.6 Å². The number of halogens is 1. The number of carbonyl (C=O) groups is 2. The largest absolute Gasteiger partial charge is 0.495 e. The number of amides is 1. The molecule has 6 nitrogen and oxygen atoms in total. The zero-order valence-corrected chi connectivity index (χ0v) is 11.2. The number of rotatable bonds is 7. The summed E-state index contributed by atoms with van der Waals surface area (Å²) in [5.74, 6) is -0.710. The lowest BCUT2D eigenvalue weighted by molar-refractivity contribution is -0.137. The SMILES string of the molecule is COc1ccc(Cl)cc1NC(=O)CNCCC(=O)O. The summed E-state index contributed by atoms with van der Waals surface area (Å²) in [6.45, 7) is 0.248. The van der Waals surface area contributed by atoms with Gasteiger partial charge in [-0.15, -0.1) is 0 Å². The van der Waals surface area contributed by atoms with E-state index in [1.165, 1.54) is 7.11 Å². The minimum absolute atomic E-state index is 0.0168.